The van der Waals surface area contributed by atoms with Gasteiger partial charge in [0.2, 0.25) is 10.0 Å². The van der Waals surface area contributed by atoms with Crippen LogP contribution in [0.5, 0.6) is 0 Å². The van der Waals surface area contributed by atoms with Crippen LogP contribution < -0.4 is 9.62 Å². The standard InChI is InChI=1S/C29H33N3O4S/c1-29(2,3)31-37(34,35)27-13-6-5-12-26(27)24-16-14-22(15-17-24)10-8-18-32(21-28(33)36-4)25-11-7-9-23(19-25)20-30/h5-7,9,11-17,19,31H,8,10,18,21H2,1-4H3. The lowest BCUT2D eigenvalue weighted by Crippen LogP contribution is -2.40. The van der Waals surface area contributed by atoms with Crippen molar-refractivity contribution in [1.29, 1.82) is 5.26 Å². The minimum atomic E-state index is -3.69. The van der Waals surface area contributed by atoms with E-state index in [0.717, 1.165) is 29.7 Å². The number of benzene rings is 3. The number of carbonyl (C=O) groups excluding carboxylic acids is 1. The predicted octanol–water partition coefficient (Wildman–Crippen LogP) is 4.91. The Labute approximate surface area is 219 Å². The van der Waals surface area contributed by atoms with Gasteiger partial charge in [0.15, 0.2) is 0 Å². The number of nitriles is 1. The molecule has 0 unspecified atom stereocenters. The molecule has 3 rings (SSSR count). The lowest BCUT2D eigenvalue weighted by Gasteiger charge is -2.24. The molecule has 0 bridgehead atoms. The lowest BCUT2D eigenvalue weighted by atomic mass is 10.0. The fourth-order valence-corrected chi connectivity index (χ4v) is 5.66. The first-order chi connectivity index (χ1) is 17.5. The molecule has 0 aliphatic carbocycles. The summed E-state index contributed by atoms with van der Waals surface area (Å²) in [4.78, 5) is 14.1. The van der Waals surface area contributed by atoms with E-state index >= 15 is 0 Å². The van der Waals surface area contributed by atoms with Gasteiger partial charge in [0.1, 0.15) is 6.54 Å². The van der Waals surface area contributed by atoms with Crippen molar-refractivity contribution >= 4 is 21.7 Å². The lowest BCUT2D eigenvalue weighted by molar-refractivity contribution is -0.138. The van der Waals surface area contributed by atoms with E-state index in [0.29, 0.717) is 17.7 Å². The Bertz CT molecular complexity index is 1370. The number of aryl methyl sites for hydroxylation is 1. The maximum absolute atomic E-state index is 13.0. The summed E-state index contributed by atoms with van der Waals surface area (Å²) in [5.41, 5.74) is 3.30. The third-order valence-electron chi connectivity index (χ3n) is 5.66. The third kappa shape index (κ3) is 7.91. The van der Waals surface area contributed by atoms with Crippen molar-refractivity contribution in [3.8, 4) is 17.2 Å². The van der Waals surface area contributed by atoms with Crippen LogP contribution in [0, 0.1) is 11.3 Å². The highest BCUT2D eigenvalue weighted by atomic mass is 32.2. The van der Waals surface area contributed by atoms with Crippen molar-refractivity contribution < 1.29 is 17.9 Å². The van der Waals surface area contributed by atoms with Crippen molar-refractivity contribution in [2.75, 3.05) is 25.1 Å². The molecule has 0 atom stereocenters. The number of hydrogen-bond acceptors (Lipinski definition) is 6. The van der Waals surface area contributed by atoms with Gasteiger partial charge in [-0.05, 0) is 69.0 Å². The highest BCUT2D eigenvalue weighted by Crippen LogP contribution is 2.28. The second kappa shape index (κ2) is 12.0. The predicted molar refractivity (Wildman–Crippen MR) is 146 cm³/mol. The summed E-state index contributed by atoms with van der Waals surface area (Å²) in [6, 6.07) is 24.1. The number of methoxy groups -OCH3 is 1. The number of nitrogens with zero attached hydrogens (tertiary/aromatic N) is 2. The third-order valence-corrected chi connectivity index (χ3v) is 7.48. The fraction of sp³-hybridized carbons (Fsp3) is 0.310. The van der Waals surface area contributed by atoms with Crippen LogP contribution in [0.1, 0.15) is 38.3 Å². The second-order valence-corrected chi connectivity index (χ2v) is 11.5. The van der Waals surface area contributed by atoms with E-state index in [-0.39, 0.29) is 17.4 Å². The minimum absolute atomic E-state index is 0.0954. The zero-order valence-corrected chi connectivity index (χ0v) is 22.5. The van der Waals surface area contributed by atoms with Crippen molar-refractivity contribution in [2.45, 2.75) is 44.0 Å². The van der Waals surface area contributed by atoms with Crippen LogP contribution in [0.2, 0.25) is 0 Å². The molecule has 37 heavy (non-hydrogen) atoms. The maximum Gasteiger partial charge on any atom is 0.325 e. The van der Waals surface area contributed by atoms with E-state index in [4.69, 9.17) is 4.74 Å². The summed E-state index contributed by atoms with van der Waals surface area (Å²) in [5.74, 6) is -0.346. The van der Waals surface area contributed by atoms with Crippen LogP contribution in [0.25, 0.3) is 11.1 Å². The monoisotopic (exact) mass is 519 g/mol. The summed E-state index contributed by atoms with van der Waals surface area (Å²) < 4.78 is 33.6. The van der Waals surface area contributed by atoms with Gasteiger partial charge < -0.3 is 9.64 Å². The first kappa shape index (κ1) is 27.9. The zero-order valence-electron chi connectivity index (χ0n) is 21.7. The number of anilines is 1. The highest BCUT2D eigenvalue weighted by Gasteiger charge is 2.24. The molecule has 0 spiro atoms. The highest BCUT2D eigenvalue weighted by molar-refractivity contribution is 7.89. The topological polar surface area (TPSA) is 99.5 Å². The smallest absolute Gasteiger partial charge is 0.325 e. The van der Waals surface area contributed by atoms with Gasteiger partial charge in [-0.3, -0.25) is 4.79 Å². The van der Waals surface area contributed by atoms with Crippen molar-refractivity contribution in [1.82, 2.24) is 4.72 Å². The van der Waals surface area contributed by atoms with E-state index in [1.54, 1.807) is 30.3 Å². The SMILES string of the molecule is COC(=O)CN(CCCc1ccc(-c2ccccc2S(=O)(=O)NC(C)(C)C)cc1)c1cccc(C#N)c1. The summed E-state index contributed by atoms with van der Waals surface area (Å²) in [5, 5.41) is 9.22. The molecule has 0 aliphatic heterocycles. The molecule has 3 aromatic rings. The molecule has 194 valence electrons. The number of rotatable bonds is 10. The Kier molecular flexibility index (Phi) is 9.09. The number of sulfonamides is 1. The Balaban J connectivity index is 1.73. The molecule has 0 aliphatic rings. The molecule has 0 heterocycles. The van der Waals surface area contributed by atoms with Crippen molar-refractivity contribution in [3.63, 3.8) is 0 Å². The first-order valence-corrected chi connectivity index (χ1v) is 13.5. The normalized spacial score (nSPS) is 11.5. The Morgan fingerprint density at radius 1 is 1.03 bits per heavy atom. The van der Waals surface area contributed by atoms with Crippen molar-refractivity contribution in [2.24, 2.45) is 0 Å². The second-order valence-electron chi connectivity index (χ2n) is 9.81. The Morgan fingerprint density at radius 2 is 1.73 bits per heavy atom. The van der Waals surface area contributed by atoms with Crippen LogP contribution in [-0.4, -0.2) is 40.1 Å². The van der Waals surface area contributed by atoms with Crippen LogP contribution in [0.3, 0.4) is 0 Å². The molecule has 7 nitrogen and oxygen atoms in total. The van der Waals surface area contributed by atoms with Crippen LogP contribution in [-0.2, 0) is 26.0 Å². The van der Waals surface area contributed by atoms with Gasteiger partial charge in [0, 0.05) is 23.3 Å². The summed E-state index contributed by atoms with van der Waals surface area (Å²) in [6.07, 6.45) is 1.54. The molecule has 8 heteroatoms. The molecule has 0 amide bonds. The van der Waals surface area contributed by atoms with E-state index in [1.165, 1.54) is 7.11 Å². The molecule has 3 aromatic carbocycles. The van der Waals surface area contributed by atoms with Crippen molar-refractivity contribution in [3.05, 3.63) is 83.9 Å². The molecule has 0 saturated heterocycles. The van der Waals surface area contributed by atoms with Crippen LogP contribution in [0.15, 0.2) is 77.7 Å². The van der Waals surface area contributed by atoms with Gasteiger partial charge in [0.05, 0.1) is 23.6 Å². The average Bonchev–Trinajstić information content (AvgIpc) is 2.87. The van der Waals surface area contributed by atoms with Gasteiger partial charge in [-0.25, -0.2) is 13.1 Å². The van der Waals surface area contributed by atoms with Gasteiger partial charge >= 0.3 is 5.97 Å². The van der Waals surface area contributed by atoms with Gasteiger partial charge in [-0.1, -0.05) is 48.5 Å². The van der Waals surface area contributed by atoms with Gasteiger partial charge in [0.25, 0.3) is 0 Å². The molecule has 0 aromatic heterocycles. The summed E-state index contributed by atoms with van der Waals surface area (Å²) in [6.45, 7) is 6.14. The molecule has 1 N–H and O–H groups in total. The van der Waals surface area contributed by atoms with E-state index < -0.39 is 15.6 Å². The number of hydrogen-bond donors (Lipinski definition) is 1. The molecular weight excluding hydrogens is 486 g/mol. The number of nitrogens with one attached hydrogen (secondary N) is 1. The average molecular weight is 520 g/mol. The van der Waals surface area contributed by atoms with E-state index in [2.05, 4.69) is 10.8 Å². The quantitative estimate of drug-likeness (QED) is 0.382. The maximum atomic E-state index is 13.0. The largest absolute Gasteiger partial charge is 0.468 e. The number of carbonyl (C=O) groups is 1. The van der Waals surface area contributed by atoms with E-state index in [1.807, 2.05) is 68.1 Å². The number of ether oxygens (including phenoxy) is 1. The Hall–Kier alpha value is -3.67. The zero-order chi connectivity index (χ0) is 27.1. The molecule has 0 radical (unpaired) electrons. The number of esters is 1. The van der Waals surface area contributed by atoms with Gasteiger partial charge in [-0.15, -0.1) is 0 Å². The summed E-state index contributed by atoms with van der Waals surface area (Å²) >= 11 is 0. The van der Waals surface area contributed by atoms with E-state index in [9.17, 15) is 18.5 Å². The molecule has 0 fully saturated rings. The molecule has 0 saturated carbocycles. The Morgan fingerprint density at radius 3 is 2.38 bits per heavy atom. The van der Waals surface area contributed by atoms with Crippen LogP contribution in [0.4, 0.5) is 5.69 Å². The molecular formula is C29H33N3O4S. The first-order valence-electron chi connectivity index (χ1n) is 12.1. The summed E-state index contributed by atoms with van der Waals surface area (Å²) in [7, 11) is -2.33. The van der Waals surface area contributed by atoms with Gasteiger partial charge in [-0.2, -0.15) is 5.26 Å². The fourth-order valence-electron chi connectivity index (χ4n) is 4.01. The minimum Gasteiger partial charge on any atom is -0.468 e. The van der Waals surface area contributed by atoms with Crippen LogP contribution >= 0.6 is 0 Å².